The van der Waals surface area contributed by atoms with Crippen LogP contribution in [-0.2, 0) is 27.2 Å². The van der Waals surface area contributed by atoms with E-state index < -0.39 is 0 Å². The third kappa shape index (κ3) is 2.50. The molecule has 1 aliphatic carbocycles. The number of fused-ring (bicyclic) bond motifs is 2. The van der Waals surface area contributed by atoms with Crippen LogP contribution < -0.4 is 0 Å². The number of ether oxygens (including phenoxy) is 1. The lowest BCUT2D eigenvalue weighted by Gasteiger charge is -2.39. The van der Waals surface area contributed by atoms with Crippen LogP contribution in [0.5, 0.6) is 0 Å². The Bertz CT molecular complexity index is 758. The van der Waals surface area contributed by atoms with Crippen molar-refractivity contribution in [2.75, 3.05) is 20.2 Å². The Morgan fingerprint density at radius 3 is 2.88 bits per heavy atom. The van der Waals surface area contributed by atoms with Crippen molar-refractivity contribution in [3.8, 4) is 0 Å². The fourth-order valence-electron chi connectivity index (χ4n) is 4.83. The second-order valence-corrected chi connectivity index (χ2v) is 7.36. The summed E-state index contributed by atoms with van der Waals surface area (Å²) in [6, 6.07) is -0.284. The normalized spacial score (nSPS) is 27.5. The molecule has 2 aliphatic heterocycles. The highest BCUT2D eigenvalue weighted by Crippen LogP contribution is 2.36. The van der Waals surface area contributed by atoms with Gasteiger partial charge < -0.3 is 14.5 Å². The van der Waals surface area contributed by atoms with Crippen LogP contribution in [0.1, 0.15) is 47.9 Å². The van der Waals surface area contributed by atoms with E-state index >= 15 is 0 Å². The van der Waals surface area contributed by atoms with Crippen molar-refractivity contribution >= 4 is 17.8 Å². The molecule has 2 amide bonds. The minimum atomic E-state index is -0.316. The molecule has 8 nitrogen and oxygen atoms in total. The zero-order valence-electron chi connectivity index (χ0n) is 15.2. The highest BCUT2D eigenvalue weighted by Gasteiger charge is 2.50. The molecule has 8 heteroatoms. The highest BCUT2D eigenvalue weighted by atomic mass is 16.5. The summed E-state index contributed by atoms with van der Waals surface area (Å²) >= 11 is 0. The van der Waals surface area contributed by atoms with Crippen molar-refractivity contribution in [2.24, 2.45) is 5.92 Å². The number of hydrogen-bond acceptors (Lipinski definition) is 5. The van der Waals surface area contributed by atoms with Gasteiger partial charge in [0.05, 0.1) is 19.1 Å². The van der Waals surface area contributed by atoms with Crippen LogP contribution in [0.4, 0.5) is 0 Å². The predicted molar refractivity (Wildman–Crippen MR) is 91.4 cm³/mol. The molecule has 0 aromatic carbocycles. The largest absolute Gasteiger partial charge is 0.469 e. The molecule has 1 N–H and O–H groups in total. The Kier molecular flexibility index (Phi) is 4.20. The molecular weight excluding hydrogens is 336 g/mol. The Hall–Kier alpha value is -2.38. The van der Waals surface area contributed by atoms with E-state index in [1.54, 1.807) is 9.80 Å². The quantitative estimate of drug-likeness (QED) is 0.793. The van der Waals surface area contributed by atoms with Crippen molar-refractivity contribution in [1.82, 2.24) is 20.0 Å². The van der Waals surface area contributed by atoms with Crippen molar-refractivity contribution in [1.29, 1.82) is 0 Å². The van der Waals surface area contributed by atoms with Gasteiger partial charge in [0.2, 0.25) is 5.91 Å². The molecule has 3 heterocycles. The van der Waals surface area contributed by atoms with E-state index in [0.717, 1.165) is 30.5 Å². The summed E-state index contributed by atoms with van der Waals surface area (Å²) in [5.74, 6) is -0.877. The van der Waals surface area contributed by atoms with E-state index in [0.29, 0.717) is 25.1 Å². The second kappa shape index (κ2) is 6.41. The van der Waals surface area contributed by atoms with E-state index in [1.165, 1.54) is 7.11 Å². The molecule has 0 unspecified atom stereocenters. The number of aromatic amines is 1. The van der Waals surface area contributed by atoms with Crippen LogP contribution in [0.15, 0.2) is 0 Å². The first-order valence-electron chi connectivity index (χ1n) is 9.29. The van der Waals surface area contributed by atoms with Crippen molar-refractivity contribution < 1.29 is 19.1 Å². The number of hydrogen-bond donors (Lipinski definition) is 1. The molecule has 4 rings (SSSR count). The van der Waals surface area contributed by atoms with Gasteiger partial charge in [-0.1, -0.05) is 6.92 Å². The summed E-state index contributed by atoms with van der Waals surface area (Å²) in [5.41, 5.74) is 2.49. The summed E-state index contributed by atoms with van der Waals surface area (Å²) in [6.07, 6.45) is 4.04. The predicted octanol–water partition coefficient (Wildman–Crippen LogP) is 0.523. The van der Waals surface area contributed by atoms with E-state index in [-0.39, 0.29) is 42.3 Å². The number of aromatic nitrogens is 2. The molecule has 1 aromatic rings. The lowest BCUT2D eigenvalue weighted by atomic mass is 9.97. The van der Waals surface area contributed by atoms with Gasteiger partial charge in [-0.2, -0.15) is 5.10 Å². The fraction of sp³-hybridized carbons (Fsp3) is 0.667. The van der Waals surface area contributed by atoms with Gasteiger partial charge in [-0.05, 0) is 32.1 Å². The highest BCUT2D eigenvalue weighted by molar-refractivity contribution is 5.97. The second-order valence-electron chi connectivity index (χ2n) is 7.36. The number of carbonyl (C=O) groups is 3. The number of piperazine rings is 1. The lowest BCUT2D eigenvalue weighted by Crippen LogP contribution is -2.57. The maximum atomic E-state index is 13.0. The number of carbonyl (C=O) groups excluding carboxylic acids is 3. The number of aryl methyl sites for hydroxylation is 1. The minimum absolute atomic E-state index is 0.0430. The third-order valence-corrected chi connectivity index (χ3v) is 6.00. The lowest BCUT2D eigenvalue weighted by molar-refractivity contribution is -0.147. The first kappa shape index (κ1) is 17.1. The van der Waals surface area contributed by atoms with E-state index in [2.05, 4.69) is 10.2 Å². The molecule has 2 fully saturated rings. The number of H-pyrrole nitrogens is 1. The summed E-state index contributed by atoms with van der Waals surface area (Å²) in [5, 5.41) is 7.15. The van der Waals surface area contributed by atoms with Crippen LogP contribution in [0.2, 0.25) is 0 Å². The van der Waals surface area contributed by atoms with Crippen LogP contribution in [0, 0.1) is 5.92 Å². The van der Waals surface area contributed by atoms with Gasteiger partial charge in [0.25, 0.3) is 5.91 Å². The monoisotopic (exact) mass is 360 g/mol. The van der Waals surface area contributed by atoms with Gasteiger partial charge in [0.1, 0.15) is 6.54 Å². The molecule has 0 spiro atoms. The average molecular weight is 360 g/mol. The molecule has 140 valence electrons. The van der Waals surface area contributed by atoms with Gasteiger partial charge in [0, 0.05) is 23.8 Å². The number of nitrogens with zero attached hydrogens (tertiary/aromatic N) is 3. The Morgan fingerprint density at radius 2 is 2.15 bits per heavy atom. The molecule has 3 atom stereocenters. The van der Waals surface area contributed by atoms with E-state index in [1.807, 2.05) is 6.92 Å². The van der Waals surface area contributed by atoms with Gasteiger partial charge >= 0.3 is 5.97 Å². The van der Waals surface area contributed by atoms with Gasteiger partial charge in [-0.3, -0.25) is 19.5 Å². The first-order chi connectivity index (χ1) is 12.5. The molecular formula is C18H24N4O4. The topological polar surface area (TPSA) is 95.6 Å². The molecule has 2 saturated heterocycles. The smallest absolute Gasteiger partial charge is 0.310 e. The number of methoxy groups -OCH3 is 1. The zero-order valence-corrected chi connectivity index (χ0v) is 15.2. The maximum Gasteiger partial charge on any atom is 0.310 e. The Morgan fingerprint density at radius 1 is 1.35 bits per heavy atom. The molecule has 0 saturated carbocycles. The standard InChI is InChI=1S/C18H24N4O4/c1-3-14-12(18(25)26-2)7-10-8-21(9-15(23)22(10)14)17(24)16-11-5-4-6-13(11)19-20-16/h10,12,14H,3-9H2,1-2H3,(H,19,20)/t10-,12-,14-/m0/s1. The molecule has 1 aromatic heterocycles. The molecule has 0 bridgehead atoms. The van der Waals surface area contributed by atoms with Crippen molar-refractivity contribution in [3.05, 3.63) is 17.0 Å². The number of esters is 1. The van der Waals surface area contributed by atoms with Crippen LogP contribution >= 0.6 is 0 Å². The van der Waals surface area contributed by atoms with Crippen LogP contribution in [0.25, 0.3) is 0 Å². The minimum Gasteiger partial charge on any atom is -0.469 e. The van der Waals surface area contributed by atoms with Gasteiger partial charge in [0.15, 0.2) is 5.69 Å². The zero-order chi connectivity index (χ0) is 18.4. The third-order valence-electron chi connectivity index (χ3n) is 6.00. The summed E-state index contributed by atoms with van der Waals surface area (Å²) in [6.45, 7) is 2.46. The van der Waals surface area contributed by atoms with Gasteiger partial charge in [-0.15, -0.1) is 0 Å². The van der Waals surface area contributed by atoms with Crippen molar-refractivity contribution in [3.63, 3.8) is 0 Å². The van der Waals surface area contributed by atoms with Crippen LogP contribution in [-0.4, -0.2) is 70.1 Å². The number of amides is 2. The molecule has 26 heavy (non-hydrogen) atoms. The Balaban J connectivity index is 1.55. The van der Waals surface area contributed by atoms with E-state index in [4.69, 9.17) is 4.74 Å². The summed E-state index contributed by atoms with van der Waals surface area (Å²) < 4.78 is 4.92. The van der Waals surface area contributed by atoms with Crippen LogP contribution in [0.3, 0.4) is 0 Å². The van der Waals surface area contributed by atoms with E-state index in [9.17, 15) is 14.4 Å². The summed E-state index contributed by atoms with van der Waals surface area (Å²) in [7, 11) is 1.38. The average Bonchev–Trinajstić information content (AvgIpc) is 3.33. The van der Waals surface area contributed by atoms with Crippen molar-refractivity contribution in [2.45, 2.75) is 51.1 Å². The number of rotatable bonds is 3. The first-order valence-corrected chi connectivity index (χ1v) is 9.29. The fourth-order valence-corrected chi connectivity index (χ4v) is 4.83. The Labute approximate surface area is 151 Å². The molecule has 3 aliphatic rings. The SMILES string of the molecule is CC[C@H]1[C@@H](C(=O)OC)C[C@H]2CN(C(=O)c3n[nH]c4c3CCC4)CC(=O)N21. The number of nitrogens with one attached hydrogen (secondary N) is 1. The molecule has 0 radical (unpaired) electrons. The van der Waals surface area contributed by atoms with Gasteiger partial charge in [-0.25, -0.2) is 0 Å². The maximum absolute atomic E-state index is 13.0. The summed E-state index contributed by atoms with van der Waals surface area (Å²) in [4.78, 5) is 41.2.